The minimum atomic E-state index is -0.832. The maximum atomic E-state index is 12.1. The van der Waals surface area contributed by atoms with E-state index in [2.05, 4.69) is 10.2 Å². The molecule has 21 heavy (non-hydrogen) atoms. The number of likely N-dealkylation sites (N-methyl/N-ethyl adjacent to an activating group) is 1. The van der Waals surface area contributed by atoms with Gasteiger partial charge >= 0.3 is 6.03 Å². The highest BCUT2D eigenvalue weighted by Crippen LogP contribution is 2.20. The van der Waals surface area contributed by atoms with Gasteiger partial charge in [0, 0.05) is 27.2 Å². The van der Waals surface area contributed by atoms with Gasteiger partial charge in [0.25, 0.3) is 5.91 Å². The molecular weight excluding hydrogens is 272 g/mol. The summed E-state index contributed by atoms with van der Waals surface area (Å²) in [6.45, 7) is 5.09. The molecule has 2 rings (SSSR count). The molecule has 7 heteroatoms. The molecule has 0 aromatic rings. The lowest BCUT2D eigenvalue weighted by molar-refractivity contribution is -0.133. The van der Waals surface area contributed by atoms with E-state index < -0.39 is 5.54 Å². The van der Waals surface area contributed by atoms with Crippen molar-refractivity contribution in [1.29, 1.82) is 0 Å². The van der Waals surface area contributed by atoms with Gasteiger partial charge in [-0.1, -0.05) is 0 Å². The zero-order valence-electron chi connectivity index (χ0n) is 13.2. The van der Waals surface area contributed by atoms with Crippen molar-refractivity contribution in [2.24, 2.45) is 0 Å². The predicted molar refractivity (Wildman–Crippen MR) is 77.6 cm³/mol. The summed E-state index contributed by atoms with van der Waals surface area (Å²) < 4.78 is 0. The second-order valence-corrected chi connectivity index (χ2v) is 6.44. The first-order valence-corrected chi connectivity index (χ1v) is 7.33. The summed E-state index contributed by atoms with van der Waals surface area (Å²) >= 11 is 0. The van der Waals surface area contributed by atoms with E-state index in [1.165, 1.54) is 4.90 Å². The molecule has 0 spiro atoms. The van der Waals surface area contributed by atoms with Gasteiger partial charge in [0.15, 0.2) is 0 Å². The van der Waals surface area contributed by atoms with Crippen LogP contribution in [0.1, 0.15) is 26.7 Å². The van der Waals surface area contributed by atoms with Crippen molar-refractivity contribution in [3.63, 3.8) is 0 Å². The van der Waals surface area contributed by atoms with Crippen LogP contribution in [0.25, 0.3) is 0 Å². The van der Waals surface area contributed by atoms with E-state index in [9.17, 15) is 14.4 Å². The molecule has 118 valence electrons. The van der Waals surface area contributed by atoms with Crippen molar-refractivity contribution in [2.45, 2.75) is 38.3 Å². The number of amides is 4. The third-order valence-corrected chi connectivity index (χ3v) is 4.14. The van der Waals surface area contributed by atoms with Crippen LogP contribution >= 0.6 is 0 Å². The average molecular weight is 296 g/mol. The quantitative estimate of drug-likeness (QED) is 0.734. The van der Waals surface area contributed by atoms with E-state index in [0.29, 0.717) is 13.1 Å². The Bertz CT molecular complexity index is 461. The lowest BCUT2D eigenvalue weighted by Gasteiger charge is -2.27. The van der Waals surface area contributed by atoms with E-state index in [1.807, 2.05) is 0 Å². The van der Waals surface area contributed by atoms with Gasteiger partial charge in [-0.15, -0.1) is 0 Å². The summed E-state index contributed by atoms with van der Waals surface area (Å²) in [6.07, 6.45) is 1.80. The molecule has 2 saturated heterocycles. The van der Waals surface area contributed by atoms with Crippen molar-refractivity contribution in [3.8, 4) is 0 Å². The number of nitrogens with zero attached hydrogens (tertiary/aromatic N) is 3. The van der Waals surface area contributed by atoms with Gasteiger partial charge in [-0.25, -0.2) is 4.79 Å². The molecule has 0 bridgehead atoms. The second kappa shape index (κ2) is 5.63. The van der Waals surface area contributed by atoms with Gasteiger partial charge < -0.3 is 10.2 Å². The molecule has 2 heterocycles. The summed E-state index contributed by atoms with van der Waals surface area (Å²) in [5.41, 5.74) is -0.832. The third-order valence-electron chi connectivity index (χ3n) is 4.14. The molecular formula is C14H24N4O3. The molecule has 7 nitrogen and oxygen atoms in total. The Hall–Kier alpha value is -1.63. The molecule has 2 aliphatic heterocycles. The van der Waals surface area contributed by atoms with E-state index in [0.717, 1.165) is 19.4 Å². The summed E-state index contributed by atoms with van der Waals surface area (Å²) in [5, 5.41) is 2.66. The van der Waals surface area contributed by atoms with Crippen molar-refractivity contribution in [2.75, 3.05) is 33.7 Å². The van der Waals surface area contributed by atoms with Crippen molar-refractivity contribution >= 4 is 17.8 Å². The maximum absolute atomic E-state index is 12.1. The molecule has 0 radical (unpaired) electrons. The van der Waals surface area contributed by atoms with Crippen LogP contribution in [-0.4, -0.2) is 77.9 Å². The average Bonchev–Trinajstić information content (AvgIpc) is 2.91. The van der Waals surface area contributed by atoms with Crippen LogP contribution in [0.2, 0.25) is 0 Å². The number of hydrogen-bond donors (Lipinski definition) is 1. The highest BCUT2D eigenvalue weighted by atomic mass is 16.2. The van der Waals surface area contributed by atoms with Crippen LogP contribution < -0.4 is 5.32 Å². The number of nitrogens with one attached hydrogen (secondary N) is 1. The first kappa shape index (κ1) is 15.8. The fraction of sp³-hybridized carbons (Fsp3) is 0.786. The number of urea groups is 1. The topological polar surface area (TPSA) is 73.0 Å². The second-order valence-electron chi connectivity index (χ2n) is 6.44. The number of carbonyl (C=O) groups is 3. The highest BCUT2D eigenvalue weighted by molar-refractivity contribution is 6.06. The molecule has 0 saturated carbocycles. The molecule has 0 aromatic carbocycles. The maximum Gasteiger partial charge on any atom is 0.325 e. The summed E-state index contributed by atoms with van der Waals surface area (Å²) in [7, 11) is 3.50. The Balaban J connectivity index is 1.95. The normalized spacial score (nSPS) is 25.3. The zero-order chi connectivity index (χ0) is 15.8. The molecule has 0 aromatic heterocycles. The molecule has 1 N–H and O–H groups in total. The van der Waals surface area contributed by atoms with Gasteiger partial charge in [0.05, 0.1) is 6.04 Å². The van der Waals surface area contributed by atoms with Crippen molar-refractivity contribution < 1.29 is 14.4 Å². The number of likely N-dealkylation sites (tertiary alicyclic amines) is 1. The molecule has 1 atom stereocenters. The van der Waals surface area contributed by atoms with Crippen molar-refractivity contribution in [1.82, 2.24) is 20.0 Å². The fourth-order valence-electron chi connectivity index (χ4n) is 2.92. The van der Waals surface area contributed by atoms with Gasteiger partial charge in [-0.3, -0.25) is 19.4 Å². The van der Waals surface area contributed by atoms with E-state index in [-0.39, 0.29) is 23.9 Å². The minimum Gasteiger partial charge on any atom is -0.347 e. The lowest BCUT2D eigenvalue weighted by atomic mass is 10.1. The summed E-state index contributed by atoms with van der Waals surface area (Å²) in [6, 6.07) is -0.478. The van der Waals surface area contributed by atoms with Crippen LogP contribution in [0.15, 0.2) is 0 Å². The standard InChI is InChI=1S/C14H24N4O3/c1-14(2)12(20)18(13(21)15-14)9-8-17-7-5-6-10(17)11(19)16(3)4/h10H,5-9H2,1-4H3,(H,15,21)/t10-/m0/s1. The zero-order valence-corrected chi connectivity index (χ0v) is 13.2. The first-order valence-electron chi connectivity index (χ1n) is 7.33. The lowest BCUT2D eigenvalue weighted by Crippen LogP contribution is -2.46. The van der Waals surface area contributed by atoms with Crippen LogP contribution in [0.3, 0.4) is 0 Å². The van der Waals surface area contributed by atoms with Gasteiger partial charge in [0.2, 0.25) is 5.91 Å². The SMILES string of the molecule is CN(C)C(=O)[C@@H]1CCCN1CCN1C(=O)NC(C)(C)C1=O. The van der Waals surface area contributed by atoms with E-state index >= 15 is 0 Å². The molecule has 2 fully saturated rings. The molecule has 0 aliphatic carbocycles. The first-order chi connectivity index (χ1) is 9.74. The smallest absolute Gasteiger partial charge is 0.325 e. The molecule has 0 unspecified atom stereocenters. The Kier molecular flexibility index (Phi) is 4.22. The van der Waals surface area contributed by atoms with Gasteiger partial charge in [-0.2, -0.15) is 0 Å². The number of hydrogen-bond acceptors (Lipinski definition) is 4. The van der Waals surface area contributed by atoms with Crippen LogP contribution in [0.4, 0.5) is 4.79 Å². The monoisotopic (exact) mass is 296 g/mol. The van der Waals surface area contributed by atoms with Crippen molar-refractivity contribution in [3.05, 3.63) is 0 Å². The third kappa shape index (κ3) is 3.02. The van der Waals surface area contributed by atoms with Gasteiger partial charge in [0.1, 0.15) is 5.54 Å². The van der Waals surface area contributed by atoms with Crippen LogP contribution in [0.5, 0.6) is 0 Å². The molecule has 4 amide bonds. The van der Waals surface area contributed by atoms with Gasteiger partial charge in [-0.05, 0) is 33.2 Å². The summed E-state index contributed by atoms with van der Waals surface area (Å²) in [4.78, 5) is 41.0. The molecule has 2 aliphatic rings. The van der Waals surface area contributed by atoms with Crippen LogP contribution in [-0.2, 0) is 9.59 Å². The Morgan fingerprint density at radius 3 is 2.52 bits per heavy atom. The number of imide groups is 1. The minimum absolute atomic E-state index is 0.0880. The van der Waals surface area contributed by atoms with E-state index in [4.69, 9.17) is 0 Å². The largest absolute Gasteiger partial charge is 0.347 e. The fourth-order valence-corrected chi connectivity index (χ4v) is 2.92. The highest BCUT2D eigenvalue weighted by Gasteiger charge is 2.44. The number of carbonyl (C=O) groups excluding carboxylic acids is 3. The summed E-state index contributed by atoms with van der Waals surface area (Å²) in [5.74, 6) is -0.118. The number of rotatable bonds is 4. The Labute approximate surface area is 125 Å². The van der Waals surface area contributed by atoms with E-state index in [1.54, 1.807) is 32.8 Å². The Morgan fingerprint density at radius 1 is 1.33 bits per heavy atom. The predicted octanol–water partition coefficient (Wildman–Crippen LogP) is -0.131. The Morgan fingerprint density at radius 2 is 2.00 bits per heavy atom. The van der Waals surface area contributed by atoms with Crippen LogP contribution in [0, 0.1) is 0 Å².